The van der Waals surface area contributed by atoms with E-state index in [9.17, 15) is 4.79 Å². The summed E-state index contributed by atoms with van der Waals surface area (Å²) in [6.45, 7) is 2.04. The van der Waals surface area contributed by atoms with Crippen molar-refractivity contribution in [1.29, 1.82) is 0 Å². The van der Waals surface area contributed by atoms with Gasteiger partial charge in [-0.1, -0.05) is 28.1 Å². The lowest BCUT2D eigenvalue weighted by molar-refractivity contribution is 0.870. The molecule has 0 radical (unpaired) electrons. The summed E-state index contributed by atoms with van der Waals surface area (Å²) in [7, 11) is 0. The zero-order valence-corrected chi connectivity index (χ0v) is 12.5. The number of aromatic amines is 2. The van der Waals surface area contributed by atoms with Gasteiger partial charge in [0.2, 0.25) is 0 Å². The average Bonchev–Trinajstić information content (AvgIpc) is 2.75. The molecule has 1 aromatic heterocycles. The number of rotatable bonds is 2. The third-order valence-electron chi connectivity index (χ3n) is 3.32. The van der Waals surface area contributed by atoms with Crippen LogP contribution in [-0.4, -0.2) is 9.97 Å². The standard InChI is InChI=1S/C15H14BrN3O/c1-8-4-10(6-11(16)5-8)14(17)9-2-3-12-13(7-9)19-15(20)18-12/h2-7,14H,17H2,1H3,(H2,18,19,20). The van der Waals surface area contributed by atoms with Gasteiger partial charge in [-0.2, -0.15) is 0 Å². The first-order valence-corrected chi connectivity index (χ1v) is 7.07. The molecule has 0 saturated carbocycles. The third kappa shape index (κ3) is 2.42. The molecule has 3 aromatic rings. The van der Waals surface area contributed by atoms with E-state index in [1.54, 1.807) is 0 Å². The van der Waals surface area contributed by atoms with E-state index < -0.39 is 0 Å². The van der Waals surface area contributed by atoms with Gasteiger partial charge in [-0.15, -0.1) is 0 Å². The van der Waals surface area contributed by atoms with Crippen molar-refractivity contribution in [2.45, 2.75) is 13.0 Å². The molecule has 1 heterocycles. The fourth-order valence-corrected chi connectivity index (χ4v) is 3.01. The molecule has 3 rings (SSSR count). The number of hydrogen-bond acceptors (Lipinski definition) is 2. The maximum Gasteiger partial charge on any atom is 0.323 e. The SMILES string of the molecule is Cc1cc(Br)cc(C(N)c2ccc3[nH]c(=O)[nH]c3c2)c1. The molecule has 0 bridgehead atoms. The summed E-state index contributed by atoms with van der Waals surface area (Å²) in [6, 6.07) is 11.6. The number of halogens is 1. The van der Waals surface area contributed by atoms with Crippen molar-refractivity contribution < 1.29 is 0 Å². The van der Waals surface area contributed by atoms with Crippen LogP contribution < -0.4 is 11.4 Å². The van der Waals surface area contributed by atoms with Gasteiger partial charge in [-0.3, -0.25) is 0 Å². The molecule has 0 aliphatic carbocycles. The number of aryl methyl sites for hydroxylation is 1. The Bertz CT molecular complexity index is 814. The molecular formula is C15H14BrN3O. The van der Waals surface area contributed by atoms with Gasteiger partial charge in [0.1, 0.15) is 0 Å². The Morgan fingerprint density at radius 2 is 1.80 bits per heavy atom. The van der Waals surface area contributed by atoms with Crippen molar-refractivity contribution in [3.8, 4) is 0 Å². The van der Waals surface area contributed by atoms with E-state index in [1.807, 2.05) is 37.3 Å². The number of aromatic nitrogens is 2. The number of benzene rings is 2. The molecule has 0 fully saturated rings. The van der Waals surface area contributed by atoms with Gasteiger partial charge in [-0.05, 0) is 47.9 Å². The predicted octanol–water partition coefficient (Wildman–Crippen LogP) is 2.98. The molecule has 1 unspecified atom stereocenters. The van der Waals surface area contributed by atoms with Crippen LogP contribution in [0.3, 0.4) is 0 Å². The summed E-state index contributed by atoms with van der Waals surface area (Å²) in [5.41, 5.74) is 10.8. The molecule has 2 aromatic carbocycles. The van der Waals surface area contributed by atoms with Crippen LogP contribution in [0.15, 0.2) is 45.7 Å². The fourth-order valence-electron chi connectivity index (χ4n) is 2.38. The Kier molecular flexibility index (Phi) is 3.23. The first-order chi connectivity index (χ1) is 9.52. The molecule has 102 valence electrons. The van der Waals surface area contributed by atoms with E-state index in [4.69, 9.17) is 5.73 Å². The van der Waals surface area contributed by atoms with Gasteiger partial charge in [0.25, 0.3) is 0 Å². The Hall–Kier alpha value is -1.85. The maximum atomic E-state index is 11.3. The predicted molar refractivity (Wildman–Crippen MR) is 83.8 cm³/mol. The Labute approximate surface area is 124 Å². The lowest BCUT2D eigenvalue weighted by Gasteiger charge is -2.14. The Balaban J connectivity index is 2.06. The maximum absolute atomic E-state index is 11.3. The number of nitrogens with one attached hydrogen (secondary N) is 2. The molecule has 4 N–H and O–H groups in total. The van der Waals surface area contributed by atoms with Crippen LogP contribution in [0.1, 0.15) is 22.7 Å². The molecule has 4 nitrogen and oxygen atoms in total. The highest BCUT2D eigenvalue weighted by molar-refractivity contribution is 9.10. The van der Waals surface area contributed by atoms with E-state index in [2.05, 4.69) is 32.0 Å². The zero-order valence-electron chi connectivity index (χ0n) is 10.9. The van der Waals surface area contributed by atoms with Gasteiger partial charge >= 0.3 is 5.69 Å². The minimum Gasteiger partial charge on any atom is -0.320 e. The molecule has 0 spiro atoms. The van der Waals surface area contributed by atoms with Crippen LogP contribution in [0.4, 0.5) is 0 Å². The second-order valence-corrected chi connectivity index (χ2v) is 5.84. The first kappa shape index (κ1) is 13.1. The molecule has 1 atom stereocenters. The summed E-state index contributed by atoms with van der Waals surface area (Å²) < 4.78 is 1.01. The van der Waals surface area contributed by atoms with E-state index in [0.29, 0.717) is 0 Å². The summed E-state index contributed by atoms with van der Waals surface area (Å²) in [4.78, 5) is 16.8. The molecule has 0 saturated heterocycles. The number of imidazole rings is 1. The highest BCUT2D eigenvalue weighted by atomic mass is 79.9. The van der Waals surface area contributed by atoms with Crippen molar-refractivity contribution in [1.82, 2.24) is 9.97 Å². The van der Waals surface area contributed by atoms with Gasteiger partial charge in [0, 0.05) is 4.47 Å². The second kappa shape index (κ2) is 4.92. The number of H-pyrrole nitrogens is 2. The topological polar surface area (TPSA) is 74.7 Å². The van der Waals surface area contributed by atoms with E-state index in [1.165, 1.54) is 0 Å². The monoisotopic (exact) mass is 331 g/mol. The summed E-state index contributed by atoms with van der Waals surface area (Å²) in [6.07, 6.45) is 0. The first-order valence-electron chi connectivity index (χ1n) is 6.27. The lowest BCUT2D eigenvalue weighted by atomic mass is 9.98. The summed E-state index contributed by atoms with van der Waals surface area (Å²) >= 11 is 3.49. The van der Waals surface area contributed by atoms with Crippen LogP contribution >= 0.6 is 15.9 Å². The van der Waals surface area contributed by atoms with E-state index in [0.717, 1.165) is 32.2 Å². The molecule has 0 aliphatic heterocycles. The fraction of sp³-hybridized carbons (Fsp3) is 0.133. The van der Waals surface area contributed by atoms with E-state index in [-0.39, 0.29) is 11.7 Å². The van der Waals surface area contributed by atoms with Crippen LogP contribution in [0.2, 0.25) is 0 Å². The molecule has 20 heavy (non-hydrogen) atoms. The quantitative estimate of drug-likeness (QED) is 0.675. The Morgan fingerprint density at radius 1 is 1.05 bits per heavy atom. The van der Waals surface area contributed by atoms with Crippen molar-refractivity contribution in [3.63, 3.8) is 0 Å². The van der Waals surface area contributed by atoms with Crippen LogP contribution in [0, 0.1) is 6.92 Å². The van der Waals surface area contributed by atoms with Crippen molar-refractivity contribution in [2.24, 2.45) is 5.73 Å². The lowest BCUT2D eigenvalue weighted by Crippen LogP contribution is -2.12. The van der Waals surface area contributed by atoms with Crippen LogP contribution in [-0.2, 0) is 0 Å². The third-order valence-corrected chi connectivity index (χ3v) is 3.78. The van der Waals surface area contributed by atoms with Gasteiger partial charge in [-0.25, -0.2) is 4.79 Å². The minimum atomic E-state index is -0.228. The largest absolute Gasteiger partial charge is 0.323 e. The normalized spacial score (nSPS) is 12.8. The van der Waals surface area contributed by atoms with Crippen molar-refractivity contribution in [2.75, 3.05) is 0 Å². The van der Waals surface area contributed by atoms with Gasteiger partial charge < -0.3 is 15.7 Å². The van der Waals surface area contributed by atoms with Gasteiger partial charge in [0.05, 0.1) is 17.1 Å². The smallest absolute Gasteiger partial charge is 0.320 e. The molecule has 0 amide bonds. The van der Waals surface area contributed by atoms with Crippen LogP contribution in [0.5, 0.6) is 0 Å². The van der Waals surface area contributed by atoms with Crippen molar-refractivity contribution in [3.05, 3.63) is 68.0 Å². The second-order valence-electron chi connectivity index (χ2n) is 4.92. The molecule has 5 heteroatoms. The highest BCUT2D eigenvalue weighted by Gasteiger charge is 2.11. The summed E-state index contributed by atoms with van der Waals surface area (Å²) in [5.74, 6) is 0. The van der Waals surface area contributed by atoms with E-state index >= 15 is 0 Å². The van der Waals surface area contributed by atoms with Crippen LogP contribution in [0.25, 0.3) is 11.0 Å². The number of hydrogen-bond donors (Lipinski definition) is 3. The number of fused-ring (bicyclic) bond motifs is 1. The van der Waals surface area contributed by atoms with Gasteiger partial charge in [0.15, 0.2) is 0 Å². The molecule has 0 aliphatic rings. The molecular weight excluding hydrogens is 318 g/mol. The number of nitrogens with two attached hydrogens (primary N) is 1. The summed E-state index contributed by atoms with van der Waals surface area (Å²) in [5, 5.41) is 0. The minimum absolute atomic E-state index is 0.205. The average molecular weight is 332 g/mol. The van der Waals surface area contributed by atoms with Crippen molar-refractivity contribution >= 4 is 27.0 Å². The zero-order chi connectivity index (χ0) is 14.3. The Morgan fingerprint density at radius 3 is 2.55 bits per heavy atom. The highest BCUT2D eigenvalue weighted by Crippen LogP contribution is 2.25.